The van der Waals surface area contributed by atoms with Crippen LogP contribution in [0.15, 0.2) is 18.2 Å². The molecule has 0 aliphatic carbocycles. The van der Waals surface area contributed by atoms with Gasteiger partial charge >= 0.3 is 0 Å². The van der Waals surface area contributed by atoms with Crippen molar-refractivity contribution in [3.05, 3.63) is 50.7 Å². The molecule has 0 fully saturated rings. The van der Waals surface area contributed by atoms with Gasteiger partial charge in [-0.15, -0.1) is 11.3 Å². The molecular formula is C14H17FN2S. The van der Waals surface area contributed by atoms with Gasteiger partial charge in [0.2, 0.25) is 0 Å². The Morgan fingerprint density at radius 2 is 2.11 bits per heavy atom. The van der Waals surface area contributed by atoms with Crippen LogP contribution in [0.5, 0.6) is 0 Å². The molecule has 0 saturated heterocycles. The Labute approximate surface area is 111 Å². The van der Waals surface area contributed by atoms with Crippen molar-refractivity contribution < 1.29 is 4.39 Å². The second-order valence-electron chi connectivity index (χ2n) is 4.41. The molecule has 2 rings (SSSR count). The summed E-state index contributed by atoms with van der Waals surface area (Å²) in [5.74, 6) is -0.265. The maximum Gasteiger partial charge on any atom is 0.128 e. The van der Waals surface area contributed by atoms with Gasteiger partial charge in [-0.3, -0.25) is 0 Å². The van der Waals surface area contributed by atoms with Crippen LogP contribution in [0.4, 0.5) is 4.39 Å². The summed E-state index contributed by atoms with van der Waals surface area (Å²) in [6.07, 6.45) is 0.880. The van der Waals surface area contributed by atoms with Gasteiger partial charge in [-0.25, -0.2) is 9.37 Å². The lowest BCUT2D eigenvalue weighted by Gasteiger charge is -2.10. The molecule has 0 saturated carbocycles. The number of aryl methyl sites for hydroxylation is 3. The number of halogens is 1. The highest BCUT2D eigenvalue weighted by Crippen LogP contribution is 2.28. The van der Waals surface area contributed by atoms with E-state index in [1.807, 2.05) is 13.8 Å². The summed E-state index contributed by atoms with van der Waals surface area (Å²) >= 11 is 1.55. The van der Waals surface area contributed by atoms with Crippen molar-refractivity contribution in [2.75, 3.05) is 0 Å². The average molecular weight is 264 g/mol. The summed E-state index contributed by atoms with van der Waals surface area (Å²) in [5.41, 5.74) is 8.71. The van der Waals surface area contributed by atoms with Gasteiger partial charge in [0.1, 0.15) is 10.8 Å². The summed E-state index contributed by atoms with van der Waals surface area (Å²) in [7, 11) is 0. The van der Waals surface area contributed by atoms with Crippen LogP contribution in [0.2, 0.25) is 0 Å². The number of hydrogen-bond acceptors (Lipinski definition) is 3. The highest BCUT2D eigenvalue weighted by atomic mass is 32.1. The van der Waals surface area contributed by atoms with Gasteiger partial charge in [-0.05, 0) is 26.3 Å². The molecule has 4 heteroatoms. The first kappa shape index (κ1) is 13.2. The normalized spacial score (nSPS) is 12.7. The van der Waals surface area contributed by atoms with Crippen LogP contribution in [0.25, 0.3) is 0 Å². The van der Waals surface area contributed by atoms with Crippen LogP contribution >= 0.6 is 11.3 Å². The van der Waals surface area contributed by atoms with E-state index in [4.69, 9.17) is 5.73 Å². The molecule has 2 nitrogen and oxygen atoms in total. The zero-order valence-electron chi connectivity index (χ0n) is 10.8. The van der Waals surface area contributed by atoms with E-state index in [9.17, 15) is 4.39 Å². The predicted molar refractivity (Wildman–Crippen MR) is 73.4 cm³/mol. The van der Waals surface area contributed by atoms with Crippen molar-refractivity contribution in [2.24, 2.45) is 5.73 Å². The lowest BCUT2D eigenvalue weighted by molar-refractivity contribution is 0.598. The average Bonchev–Trinajstić information content (AvgIpc) is 2.73. The van der Waals surface area contributed by atoms with E-state index in [0.717, 1.165) is 27.6 Å². The molecule has 96 valence electrons. The number of benzene rings is 1. The second-order valence-corrected chi connectivity index (χ2v) is 5.65. The molecule has 0 aliphatic heterocycles. The molecule has 0 spiro atoms. The molecule has 1 heterocycles. The summed E-state index contributed by atoms with van der Waals surface area (Å²) < 4.78 is 13.8. The Morgan fingerprint density at radius 3 is 2.72 bits per heavy atom. The van der Waals surface area contributed by atoms with Gasteiger partial charge in [-0.2, -0.15) is 0 Å². The number of thiazole rings is 1. The van der Waals surface area contributed by atoms with Gasteiger partial charge in [-0.1, -0.05) is 24.6 Å². The fourth-order valence-corrected chi connectivity index (χ4v) is 2.98. The maximum atomic E-state index is 13.8. The number of nitrogens with two attached hydrogens (primary N) is 1. The third kappa shape index (κ3) is 2.44. The van der Waals surface area contributed by atoms with Gasteiger partial charge in [0.25, 0.3) is 0 Å². The molecule has 1 unspecified atom stereocenters. The van der Waals surface area contributed by atoms with E-state index in [-0.39, 0.29) is 5.82 Å². The fourth-order valence-electron chi connectivity index (χ4n) is 1.95. The molecule has 0 bridgehead atoms. The largest absolute Gasteiger partial charge is 0.318 e. The fraction of sp³-hybridized carbons (Fsp3) is 0.357. The van der Waals surface area contributed by atoms with E-state index >= 15 is 0 Å². The molecule has 1 aromatic carbocycles. The number of rotatable bonds is 3. The summed E-state index contributed by atoms with van der Waals surface area (Å²) in [4.78, 5) is 5.67. The predicted octanol–water partition coefficient (Wildman–Crippen LogP) is 3.51. The minimum atomic E-state index is -0.478. The minimum Gasteiger partial charge on any atom is -0.318 e. The van der Waals surface area contributed by atoms with E-state index in [1.165, 1.54) is 6.07 Å². The Morgan fingerprint density at radius 1 is 1.39 bits per heavy atom. The molecule has 2 aromatic rings. The lowest BCUT2D eigenvalue weighted by atomic mass is 10.0. The molecule has 1 aromatic heterocycles. The first-order valence-corrected chi connectivity index (χ1v) is 6.82. The molecule has 1 atom stereocenters. The molecule has 0 aliphatic rings. The second kappa shape index (κ2) is 5.16. The third-order valence-corrected chi connectivity index (χ3v) is 4.09. The van der Waals surface area contributed by atoms with Crippen LogP contribution in [0, 0.1) is 19.7 Å². The molecule has 18 heavy (non-hydrogen) atoms. The zero-order valence-corrected chi connectivity index (χ0v) is 11.6. The zero-order chi connectivity index (χ0) is 13.3. The van der Waals surface area contributed by atoms with Gasteiger partial charge in [0.15, 0.2) is 0 Å². The number of nitrogens with zero attached hydrogens (tertiary/aromatic N) is 1. The van der Waals surface area contributed by atoms with E-state index < -0.39 is 6.04 Å². The molecule has 2 N–H and O–H groups in total. The van der Waals surface area contributed by atoms with Gasteiger partial charge in [0.05, 0.1) is 11.7 Å². The Balaban J connectivity index is 2.40. The Hall–Kier alpha value is -1.26. The number of aromatic nitrogens is 1. The summed E-state index contributed by atoms with van der Waals surface area (Å²) in [5, 5.41) is 0.786. The van der Waals surface area contributed by atoms with Crippen LogP contribution in [-0.2, 0) is 6.42 Å². The molecular weight excluding hydrogens is 247 g/mol. The highest BCUT2D eigenvalue weighted by Gasteiger charge is 2.18. The van der Waals surface area contributed by atoms with E-state index in [1.54, 1.807) is 23.5 Å². The van der Waals surface area contributed by atoms with E-state index in [2.05, 4.69) is 11.9 Å². The van der Waals surface area contributed by atoms with E-state index in [0.29, 0.717) is 5.56 Å². The standard InChI is InChI=1S/C14H17FN2S/c1-4-12-9(3)18-14(17-12)13(16)10-7-8(2)5-6-11(10)15/h5-7,13H,4,16H2,1-3H3. The molecule has 0 amide bonds. The van der Waals surface area contributed by atoms with Crippen molar-refractivity contribution in [2.45, 2.75) is 33.2 Å². The smallest absolute Gasteiger partial charge is 0.128 e. The van der Waals surface area contributed by atoms with Crippen LogP contribution in [0.1, 0.15) is 39.7 Å². The van der Waals surface area contributed by atoms with Crippen molar-refractivity contribution >= 4 is 11.3 Å². The highest BCUT2D eigenvalue weighted by molar-refractivity contribution is 7.11. The molecule has 0 radical (unpaired) electrons. The van der Waals surface area contributed by atoms with Gasteiger partial charge in [0, 0.05) is 10.4 Å². The van der Waals surface area contributed by atoms with Crippen LogP contribution in [0.3, 0.4) is 0 Å². The van der Waals surface area contributed by atoms with Crippen LogP contribution in [-0.4, -0.2) is 4.98 Å². The Bertz CT molecular complexity index is 563. The van der Waals surface area contributed by atoms with Crippen molar-refractivity contribution in [3.63, 3.8) is 0 Å². The monoisotopic (exact) mass is 264 g/mol. The first-order chi connectivity index (χ1) is 8.52. The SMILES string of the molecule is CCc1nc(C(N)c2cc(C)ccc2F)sc1C. The topological polar surface area (TPSA) is 38.9 Å². The quantitative estimate of drug-likeness (QED) is 0.921. The van der Waals surface area contributed by atoms with Crippen molar-refractivity contribution in [3.8, 4) is 0 Å². The van der Waals surface area contributed by atoms with Crippen LogP contribution < -0.4 is 5.73 Å². The third-order valence-electron chi connectivity index (χ3n) is 3.00. The summed E-state index contributed by atoms with van der Waals surface area (Å²) in [6.45, 7) is 6.02. The minimum absolute atomic E-state index is 0.265. The van der Waals surface area contributed by atoms with Gasteiger partial charge < -0.3 is 5.73 Å². The number of hydrogen-bond donors (Lipinski definition) is 1. The lowest BCUT2D eigenvalue weighted by Crippen LogP contribution is -2.13. The van der Waals surface area contributed by atoms with Crippen molar-refractivity contribution in [1.82, 2.24) is 4.98 Å². The summed E-state index contributed by atoms with van der Waals surface area (Å²) in [6, 6.07) is 4.53. The Kier molecular flexibility index (Phi) is 3.78. The van der Waals surface area contributed by atoms with Crippen molar-refractivity contribution in [1.29, 1.82) is 0 Å². The first-order valence-electron chi connectivity index (χ1n) is 6.00. The maximum absolute atomic E-state index is 13.8.